The molecule has 260 valence electrons. The van der Waals surface area contributed by atoms with Crippen molar-refractivity contribution in [3.05, 3.63) is 83.9 Å². The summed E-state index contributed by atoms with van der Waals surface area (Å²) in [5, 5.41) is 8.99. The summed E-state index contributed by atoms with van der Waals surface area (Å²) < 4.78 is 5.04. The zero-order valence-electron chi connectivity index (χ0n) is 26.5. The molecule has 4 amide bonds. The van der Waals surface area contributed by atoms with Gasteiger partial charge in [0.05, 0.1) is 25.0 Å². The number of halogens is 1. The molecule has 2 heterocycles. The molecule has 2 fully saturated rings. The van der Waals surface area contributed by atoms with Gasteiger partial charge in [-0.3, -0.25) is 24.0 Å². The lowest BCUT2D eigenvalue weighted by molar-refractivity contribution is -0.197. The van der Waals surface area contributed by atoms with Crippen molar-refractivity contribution in [2.24, 2.45) is 0 Å². The number of carbonyl (C=O) groups is 8. The molecular formula is C34H35ClN2O12. The van der Waals surface area contributed by atoms with Crippen LogP contribution in [0.4, 0.5) is 0 Å². The Morgan fingerprint density at radius 3 is 1.43 bits per heavy atom. The highest BCUT2D eigenvalue weighted by Gasteiger charge is 2.33. The maximum absolute atomic E-state index is 11.8. The lowest BCUT2D eigenvalue weighted by Crippen LogP contribution is -2.32. The van der Waals surface area contributed by atoms with E-state index in [4.69, 9.17) is 26.3 Å². The van der Waals surface area contributed by atoms with Crippen molar-refractivity contribution < 1.29 is 57.9 Å². The summed E-state index contributed by atoms with van der Waals surface area (Å²) in [5.74, 6) is -3.93. The molecule has 4 rings (SSSR count). The Labute approximate surface area is 286 Å². The number of rotatable bonds is 13. The molecule has 1 N–H and O–H groups in total. The van der Waals surface area contributed by atoms with Crippen LogP contribution in [0.25, 0.3) is 12.2 Å². The largest absolute Gasteiger partial charge is 0.462 e. The van der Waals surface area contributed by atoms with Crippen molar-refractivity contribution in [2.45, 2.75) is 51.4 Å². The Morgan fingerprint density at radius 1 is 0.673 bits per heavy atom. The quantitative estimate of drug-likeness (QED) is 0.137. The van der Waals surface area contributed by atoms with Crippen molar-refractivity contribution in [1.29, 1.82) is 0 Å². The molecule has 15 heteroatoms. The van der Waals surface area contributed by atoms with Crippen LogP contribution in [-0.4, -0.2) is 75.2 Å². The van der Waals surface area contributed by atoms with Crippen molar-refractivity contribution in [3.63, 3.8) is 0 Å². The normalized spacial score (nSPS) is 13.4. The van der Waals surface area contributed by atoms with Gasteiger partial charge in [-0.05, 0) is 59.8 Å². The van der Waals surface area contributed by atoms with Crippen LogP contribution >= 0.6 is 11.6 Å². The molecule has 2 saturated heterocycles. The number of benzene rings is 2. The van der Waals surface area contributed by atoms with Gasteiger partial charge in [0, 0.05) is 37.9 Å². The zero-order valence-corrected chi connectivity index (χ0v) is 27.2. The van der Waals surface area contributed by atoms with Gasteiger partial charge in [0.15, 0.2) is 0 Å². The summed E-state index contributed by atoms with van der Waals surface area (Å²) in [6.45, 7) is 7.11. The van der Waals surface area contributed by atoms with Crippen LogP contribution in [0.5, 0.6) is 0 Å². The fraction of sp³-hybridized carbons (Fsp3) is 0.294. The number of esters is 1. The second-order valence-electron chi connectivity index (χ2n) is 10.1. The predicted molar refractivity (Wildman–Crippen MR) is 173 cm³/mol. The van der Waals surface area contributed by atoms with E-state index in [0.717, 1.165) is 11.1 Å². The predicted octanol–water partition coefficient (Wildman–Crippen LogP) is 3.95. The van der Waals surface area contributed by atoms with Gasteiger partial charge in [-0.25, -0.2) is 14.4 Å². The number of amides is 4. The molecule has 0 aromatic heterocycles. The molecule has 0 spiro atoms. The van der Waals surface area contributed by atoms with E-state index in [-0.39, 0.29) is 64.6 Å². The molecule has 2 aliphatic rings. The second kappa shape index (κ2) is 20.7. The number of nitrogens with zero attached hydrogens (tertiary/aromatic N) is 2. The van der Waals surface area contributed by atoms with Crippen LogP contribution in [0.15, 0.2) is 61.7 Å². The number of aliphatic hydroxyl groups is 1. The average Bonchev–Trinajstić information content (AvgIpc) is 3.60. The summed E-state index contributed by atoms with van der Waals surface area (Å²) >= 11 is 5.23. The Bertz CT molecular complexity index is 1520. The summed E-state index contributed by atoms with van der Waals surface area (Å²) in [5.41, 5.74) is 2.78. The Balaban J connectivity index is 0.000000282. The molecule has 14 nitrogen and oxygen atoms in total. The number of carbonyl (C=O) groups excluding carboxylic acids is 8. The molecule has 0 atom stereocenters. The number of hydrogen-bond acceptors (Lipinski definition) is 12. The molecule has 2 aliphatic heterocycles. The molecule has 2 aromatic carbocycles. The summed E-state index contributed by atoms with van der Waals surface area (Å²) in [4.78, 5) is 98.7. The molecule has 0 radical (unpaired) electrons. The van der Waals surface area contributed by atoms with Gasteiger partial charge in [0.2, 0.25) is 0 Å². The monoisotopic (exact) mass is 698 g/mol. The minimum absolute atomic E-state index is 0.00639. The molecule has 0 aliphatic carbocycles. The molecule has 0 unspecified atom stereocenters. The van der Waals surface area contributed by atoms with Crippen molar-refractivity contribution in [2.75, 3.05) is 13.2 Å². The van der Waals surface area contributed by atoms with Gasteiger partial charge in [-0.2, -0.15) is 0 Å². The third-order valence-electron chi connectivity index (χ3n) is 6.45. The minimum atomic E-state index is -0.718. The molecule has 0 bridgehead atoms. The van der Waals surface area contributed by atoms with Gasteiger partial charge in [0.1, 0.15) is 0 Å². The van der Waals surface area contributed by atoms with Crippen LogP contribution in [0.2, 0.25) is 0 Å². The van der Waals surface area contributed by atoms with E-state index in [1.165, 1.54) is 0 Å². The van der Waals surface area contributed by atoms with Gasteiger partial charge < -0.3 is 19.5 Å². The first-order valence-electron chi connectivity index (χ1n) is 15.0. The minimum Gasteiger partial charge on any atom is -0.462 e. The van der Waals surface area contributed by atoms with E-state index in [1.54, 1.807) is 60.7 Å². The summed E-state index contributed by atoms with van der Waals surface area (Å²) in [7, 11) is 0. The summed E-state index contributed by atoms with van der Waals surface area (Å²) in [6, 6.07) is 13.7. The smallest absolute Gasteiger partial charge is 0.338 e. The Hall–Kier alpha value is -5.47. The van der Waals surface area contributed by atoms with Crippen LogP contribution in [0, 0.1) is 0 Å². The van der Waals surface area contributed by atoms with Gasteiger partial charge in [0.25, 0.3) is 28.9 Å². The maximum Gasteiger partial charge on any atom is 0.338 e. The highest BCUT2D eigenvalue weighted by atomic mass is 35.5. The Morgan fingerprint density at radius 2 is 1.06 bits per heavy atom. The lowest BCUT2D eigenvalue weighted by atomic mass is 10.1. The molecule has 2 aromatic rings. The van der Waals surface area contributed by atoms with E-state index in [9.17, 15) is 38.4 Å². The average molecular weight is 699 g/mol. The highest BCUT2D eigenvalue weighted by Crippen LogP contribution is 2.14. The van der Waals surface area contributed by atoms with Crippen LogP contribution in [0.3, 0.4) is 0 Å². The van der Waals surface area contributed by atoms with Crippen molar-refractivity contribution in [1.82, 2.24) is 10.1 Å². The maximum atomic E-state index is 11.8. The van der Waals surface area contributed by atoms with Crippen molar-refractivity contribution >= 4 is 70.5 Å². The lowest BCUT2D eigenvalue weighted by Gasteiger charge is -2.12. The van der Waals surface area contributed by atoms with E-state index in [2.05, 4.69) is 18.0 Å². The Kier molecular flexibility index (Phi) is 16.8. The third-order valence-corrected chi connectivity index (χ3v) is 6.67. The first kappa shape index (κ1) is 39.7. The van der Waals surface area contributed by atoms with Crippen LogP contribution in [-0.2, 0) is 43.2 Å². The first-order chi connectivity index (χ1) is 23.4. The van der Waals surface area contributed by atoms with E-state index in [1.807, 2.05) is 0 Å². The third kappa shape index (κ3) is 13.7. The first-order valence-corrected chi connectivity index (χ1v) is 15.3. The number of aliphatic hydroxyl groups excluding tert-OH is 1. The van der Waals surface area contributed by atoms with E-state index < -0.39 is 46.8 Å². The van der Waals surface area contributed by atoms with Gasteiger partial charge in [-0.15, -0.1) is 10.1 Å². The molecule has 0 saturated carbocycles. The van der Waals surface area contributed by atoms with E-state index in [0.29, 0.717) is 21.3 Å². The van der Waals surface area contributed by atoms with Crippen LogP contribution < -0.4 is 0 Å². The van der Waals surface area contributed by atoms with E-state index >= 15 is 0 Å². The number of ether oxygens (including phenoxy) is 1. The van der Waals surface area contributed by atoms with Crippen molar-refractivity contribution in [3.8, 4) is 0 Å². The second-order valence-corrected chi connectivity index (χ2v) is 10.4. The van der Waals surface area contributed by atoms with Gasteiger partial charge >= 0.3 is 17.9 Å². The topological polar surface area (TPSA) is 191 Å². The fourth-order valence-electron chi connectivity index (χ4n) is 3.80. The SMILES string of the molecule is C=Cc1ccc(C(=O)Cl)cc1.C=Cc1ccc(C(=O)OCCCC(=O)ON2C(=O)CCC2=O)cc1.O=C(CCCO)ON1C(=O)CCC1=O. The van der Waals surface area contributed by atoms with Crippen LogP contribution in [0.1, 0.15) is 83.2 Å². The molecule has 49 heavy (non-hydrogen) atoms. The number of hydrogen-bond donors (Lipinski definition) is 1. The van der Waals surface area contributed by atoms with Gasteiger partial charge in [-0.1, -0.05) is 49.6 Å². The number of imide groups is 2. The summed E-state index contributed by atoms with van der Waals surface area (Å²) in [6.07, 6.45) is 4.06. The fourth-order valence-corrected chi connectivity index (χ4v) is 3.93. The molecular weight excluding hydrogens is 664 g/mol. The zero-order chi connectivity index (χ0) is 36.3. The highest BCUT2D eigenvalue weighted by molar-refractivity contribution is 6.67. The standard InChI is InChI=1S/C17H17NO6.C9H7ClO.C8H11NO5/c1-2-12-5-7-13(8-6-12)17(22)23-11-3-4-16(21)24-18-14(19)9-10-15(18)20;1-2-7-3-5-8(6-4-7)9(10)11;10-5-1-2-8(13)14-9-6(11)3-4-7(9)12/h2,5-8H,1,3-4,9-11H2;2-6H,1H2;10H,1-5H2. The number of hydroxylamine groups is 4.